The molecule has 0 radical (unpaired) electrons. The van der Waals surface area contributed by atoms with Crippen LogP contribution in [0.5, 0.6) is 0 Å². The summed E-state index contributed by atoms with van der Waals surface area (Å²) in [5.74, 6) is 0. The summed E-state index contributed by atoms with van der Waals surface area (Å²) in [5.41, 5.74) is 2.28. The number of hydrogen-bond donors (Lipinski definition) is 1. The number of piperidine rings is 1. The number of primary amides is 1. The van der Waals surface area contributed by atoms with E-state index in [-0.39, 0.29) is 12.2 Å². The Kier molecular flexibility index (Phi) is 10.5. The summed E-state index contributed by atoms with van der Waals surface area (Å²) in [4.78, 5) is 14.6. The maximum atomic E-state index is 12.2. The fourth-order valence-corrected chi connectivity index (χ4v) is 3.80. The zero-order valence-corrected chi connectivity index (χ0v) is 17.4. The zero-order valence-electron chi connectivity index (χ0n) is 17.4. The molecule has 1 aliphatic rings. The van der Waals surface area contributed by atoms with Crippen molar-refractivity contribution in [3.63, 3.8) is 0 Å². The Hall–Kier alpha value is -1.39. The van der Waals surface area contributed by atoms with Gasteiger partial charge in [-0.25, -0.2) is 5.32 Å². The lowest BCUT2D eigenvalue weighted by atomic mass is 10.0. The molecule has 1 aromatic carbocycles. The normalized spacial score (nSPS) is 16.2. The van der Waals surface area contributed by atoms with E-state index in [1.165, 1.54) is 63.4 Å². The molecular weight excluding hydrogens is 336 g/mol. The Bertz CT molecular complexity index is 524. The maximum absolute atomic E-state index is 12.2. The molecule has 0 unspecified atom stereocenters. The minimum absolute atomic E-state index is 0.0566. The van der Waals surface area contributed by atoms with Gasteiger partial charge in [0.2, 0.25) is 0 Å². The van der Waals surface area contributed by atoms with Gasteiger partial charge < -0.3 is 4.74 Å². The van der Waals surface area contributed by atoms with Crippen LogP contribution in [0, 0.1) is 0 Å². The van der Waals surface area contributed by atoms with Gasteiger partial charge in [-0.3, -0.25) is 4.90 Å². The predicted molar refractivity (Wildman–Crippen MR) is 111 cm³/mol. The summed E-state index contributed by atoms with van der Waals surface area (Å²) < 4.78 is 5.56. The number of rotatable bonds is 11. The van der Waals surface area contributed by atoms with Gasteiger partial charge in [0.25, 0.3) is 0 Å². The number of nitrogens with two attached hydrogens (primary N) is 1. The van der Waals surface area contributed by atoms with Crippen molar-refractivity contribution in [1.29, 1.82) is 0 Å². The molecule has 0 aliphatic carbocycles. The molecule has 2 rings (SSSR count). The Morgan fingerprint density at radius 1 is 1.04 bits per heavy atom. The van der Waals surface area contributed by atoms with Crippen LogP contribution in [-0.2, 0) is 11.2 Å². The van der Waals surface area contributed by atoms with E-state index in [4.69, 9.17) is 4.74 Å². The molecule has 27 heavy (non-hydrogen) atoms. The van der Waals surface area contributed by atoms with Gasteiger partial charge in [0.1, 0.15) is 11.8 Å². The summed E-state index contributed by atoms with van der Waals surface area (Å²) in [5, 5.41) is 1.61. The van der Waals surface area contributed by atoms with Crippen molar-refractivity contribution in [3.8, 4) is 0 Å². The molecule has 0 saturated carbocycles. The fraction of sp³-hybridized carbons (Fsp3) is 0.696. The third kappa shape index (κ3) is 9.39. The number of nitrogens with zero attached hydrogens (tertiary/aromatic N) is 1. The number of hydrogen-bond acceptors (Lipinski definition) is 3. The SMILES string of the molecule is CCCCCCCCc1ccc([NH2+]C(=O)O[C@@H](C)CN2CCCCC2)cc1. The number of aryl methyl sites for hydroxylation is 1. The minimum atomic E-state index is -0.233. The molecule has 1 aromatic rings. The summed E-state index contributed by atoms with van der Waals surface area (Å²) >= 11 is 0. The number of amides is 1. The van der Waals surface area contributed by atoms with Crippen molar-refractivity contribution < 1.29 is 14.8 Å². The Balaban J connectivity index is 1.63. The first kappa shape index (κ1) is 21.9. The van der Waals surface area contributed by atoms with Crippen LogP contribution in [0.4, 0.5) is 10.5 Å². The Morgan fingerprint density at radius 2 is 1.70 bits per heavy atom. The summed E-state index contributed by atoms with van der Waals surface area (Å²) in [7, 11) is 0. The second kappa shape index (κ2) is 12.9. The van der Waals surface area contributed by atoms with Crippen LogP contribution in [-0.4, -0.2) is 36.7 Å². The lowest BCUT2D eigenvalue weighted by molar-refractivity contribution is -0.484. The van der Waals surface area contributed by atoms with Crippen LogP contribution >= 0.6 is 0 Å². The van der Waals surface area contributed by atoms with Gasteiger partial charge in [-0.05, 0) is 63.4 Å². The molecule has 4 nitrogen and oxygen atoms in total. The largest absolute Gasteiger partial charge is 0.518 e. The number of ether oxygens (including phenoxy) is 1. The molecule has 1 atom stereocenters. The molecule has 1 amide bonds. The van der Waals surface area contributed by atoms with Crippen molar-refractivity contribution >= 4 is 11.8 Å². The van der Waals surface area contributed by atoms with Crippen LogP contribution in [0.15, 0.2) is 24.3 Å². The standard InChI is InChI=1S/C23H38N2O2/c1-3-4-5-6-7-9-12-21-13-15-22(16-14-21)24-23(26)27-20(2)19-25-17-10-8-11-18-25/h13-16,20H,3-12,17-19H2,1-2H3,(H,24,26)/p+1/t20-/m0/s1. The third-order valence-electron chi connectivity index (χ3n) is 5.36. The van der Waals surface area contributed by atoms with Gasteiger partial charge in [-0.15, -0.1) is 0 Å². The Morgan fingerprint density at radius 3 is 2.41 bits per heavy atom. The molecule has 1 fully saturated rings. The van der Waals surface area contributed by atoms with Crippen molar-refractivity contribution in [2.75, 3.05) is 19.6 Å². The van der Waals surface area contributed by atoms with E-state index in [0.717, 1.165) is 31.7 Å². The van der Waals surface area contributed by atoms with E-state index < -0.39 is 0 Å². The first-order chi connectivity index (χ1) is 13.2. The highest BCUT2D eigenvalue weighted by atomic mass is 16.6. The molecule has 0 aromatic heterocycles. The van der Waals surface area contributed by atoms with Gasteiger partial charge in [0.15, 0.2) is 0 Å². The number of quaternary nitrogens is 1. The van der Waals surface area contributed by atoms with E-state index in [1.807, 2.05) is 19.1 Å². The second-order valence-electron chi connectivity index (χ2n) is 8.01. The average Bonchev–Trinajstić information content (AvgIpc) is 2.66. The number of benzene rings is 1. The third-order valence-corrected chi connectivity index (χ3v) is 5.36. The second-order valence-corrected chi connectivity index (χ2v) is 8.01. The van der Waals surface area contributed by atoms with Gasteiger partial charge in [0, 0.05) is 6.54 Å². The first-order valence-corrected chi connectivity index (χ1v) is 11.0. The quantitative estimate of drug-likeness (QED) is 0.446. The van der Waals surface area contributed by atoms with Crippen molar-refractivity contribution in [2.45, 2.75) is 84.2 Å². The molecule has 1 saturated heterocycles. The molecule has 1 heterocycles. The molecule has 0 bridgehead atoms. The van der Waals surface area contributed by atoms with E-state index in [0.29, 0.717) is 0 Å². The van der Waals surface area contributed by atoms with E-state index >= 15 is 0 Å². The monoisotopic (exact) mass is 375 g/mol. The average molecular weight is 376 g/mol. The number of carbonyl (C=O) groups is 1. The van der Waals surface area contributed by atoms with Crippen molar-refractivity contribution in [3.05, 3.63) is 29.8 Å². The summed E-state index contributed by atoms with van der Waals surface area (Å²) in [6, 6.07) is 8.34. The van der Waals surface area contributed by atoms with Crippen LogP contribution in [0.2, 0.25) is 0 Å². The van der Waals surface area contributed by atoms with Gasteiger partial charge in [-0.2, -0.15) is 4.79 Å². The molecule has 152 valence electrons. The molecule has 0 spiro atoms. The lowest BCUT2D eigenvalue weighted by Gasteiger charge is -2.28. The van der Waals surface area contributed by atoms with E-state index in [9.17, 15) is 4.79 Å². The highest BCUT2D eigenvalue weighted by molar-refractivity contribution is 5.59. The number of carbonyl (C=O) groups excluding carboxylic acids is 1. The van der Waals surface area contributed by atoms with Gasteiger partial charge in [0.05, 0.1) is 0 Å². The molecule has 1 aliphatic heterocycles. The highest BCUT2D eigenvalue weighted by Gasteiger charge is 2.18. The topological polar surface area (TPSA) is 46.1 Å². The highest BCUT2D eigenvalue weighted by Crippen LogP contribution is 2.12. The lowest BCUT2D eigenvalue weighted by Crippen LogP contribution is -2.82. The smallest absolute Gasteiger partial charge is 0.415 e. The molecule has 4 heteroatoms. The predicted octanol–water partition coefficient (Wildman–Crippen LogP) is 4.80. The van der Waals surface area contributed by atoms with Crippen LogP contribution < -0.4 is 5.32 Å². The van der Waals surface area contributed by atoms with Gasteiger partial charge >= 0.3 is 6.09 Å². The van der Waals surface area contributed by atoms with E-state index in [1.54, 1.807) is 5.32 Å². The molecule has 2 N–H and O–H groups in total. The van der Waals surface area contributed by atoms with Crippen LogP contribution in [0.25, 0.3) is 0 Å². The summed E-state index contributed by atoms with van der Waals surface area (Å²) in [6.45, 7) is 7.35. The van der Waals surface area contributed by atoms with Crippen LogP contribution in [0.1, 0.15) is 77.2 Å². The van der Waals surface area contributed by atoms with Crippen molar-refractivity contribution in [1.82, 2.24) is 4.90 Å². The summed E-state index contributed by atoms with van der Waals surface area (Å²) in [6.07, 6.45) is 12.6. The number of unbranched alkanes of at least 4 members (excludes halogenated alkanes) is 5. The molecular formula is C23H39N2O2+. The number of likely N-dealkylation sites (tertiary alicyclic amines) is 1. The Labute approximate surface area is 165 Å². The zero-order chi connectivity index (χ0) is 19.3. The fourth-order valence-electron chi connectivity index (χ4n) is 3.80. The van der Waals surface area contributed by atoms with E-state index in [2.05, 4.69) is 24.0 Å². The van der Waals surface area contributed by atoms with Crippen LogP contribution in [0.3, 0.4) is 0 Å². The van der Waals surface area contributed by atoms with Crippen molar-refractivity contribution in [2.24, 2.45) is 0 Å². The van der Waals surface area contributed by atoms with Gasteiger partial charge in [-0.1, -0.05) is 57.6 Å². The minimum Gasteiger partial charge on any atom is -0.415 e. The maximum Gasteiger partial charge on any atom is 0.518 e. The first-order valence-electron chi connectivity index (χ1n) is 11.0.